The van der Waals surface area contributed by atoms with Crippen molar-refractivity contribution in [2.24, 2.45) is 0 Å². The number of nitrogens with one attached hydrogen (secondary N) is 3. The molecule has 3 N–H and O–H groups in total. The summed E-state index contributed by atoms with van der Waals surface area (Å²) in [6, 6.07) is 18.5. The minimum Gasteiger partial charge on any atom is -0.406 e. The first kappa shape index (κ1) is 29.5. The van der Waals surface area contributed by atoms with Gasteiger partial charge in [0.05, 0.1) is 5.69 Å². The van der Waals surface area contributed by atoms with Crippen molar-refractivity contribution < 1.29 is 22.7 Å². The van der Waals surface area contributed by atoms with Gasteiger partial charge >= 0.3 is 12.4 Å². The summed E-state index contributed by atoms with van der Waals surface area (Å²) < 4.78 is 42.5. The molecule has 41 heavy (non-hydrogen) atoms. The molecule has 2 amide bonds. The minimum atomic E-state index is -4.75. The van der Waals surface area contributed by atoms with Gasteiger partial charge in [0.2, 0.25) is 0 Å². The average Bonchev–Trinajstić information content (AvgIpc) is 3.40. The topological polar surface area (TPSA) is 93.1 Å². The second-order valence-electron chi connectivity index (χ2n) is 9.59. The molecule has 0 radical (unpaired) electrons. The number of amides is 2. The highest BCUT2D eigenvalue weighted by atomic mass is 32.1. The molecule has 0 saturated carbocycles. The molecule has 12 heteroatoms. The number of hydrogen-bond acceptors (Lipinski definition) is 5. The number of urea groups is 1. The number of thiocarbonyl (C=S) groups is 1. The summed E-state index contributed by atoms with van der Waals surface area (Å²) >= 11 is 5.32. The summed E-state index contributed by atoms with van der Waals surface area (Å²) in [4.78, 5) is 16.7. The fourth-order valence-electron chi connectivity index (χ4n) is 4.08. The van der Waals surface area contributed by atoms with E-state index in [-0.39, 0.29) is 10.9 Å². The van der Waals surface area contributed by atoms with Gasteiger partial charge in [0.1, 0.15) is 12.1 Å². The monoisotopic (exact) mass is 582 g/mol. The Morgan fingerprint density at radius 2 is 1.83 bits per heavy atom. The molecule has 0 spiro atoms. The lowest BCUT2D eigenvalue weighted by molar-refractivity contribution is -0.274. The molecule has 0 bridgehead atoms. The van der Waals surface area contributed by atoms with Crippen molar-refractivity contribution in [1.82, 2.24) is 25.4 Å². The van der Waals surface area contributed by atoms with E-state index in [1.807, 2.05) is 43.3 Å². The van der Waals surface area contributed by atoms with Crippen molar-refractivity contribution in [3.63, 3.8) is 0 Å². The SMILES string of the molecule is Cc1ccc(NC(=S)NC(=O)NCCc2cccc(-c3ncn(-c4ccc(OC(F)(F)F)cc4)n3)c2)c(C(C)C)c1. The number of anilines is 1. The molecule has 8 nitrogen and oxygen atoms in total. The van der Waals surface area contributed by atoms with Crippen molar-refractivity contribution in [2.75, 3.05) is 11.9 Å². The zero-order chi connectivity index (χ0) is 29.6. The first-order valence-corrected chi connectivity index (χ1v) is 13.2. The Balaban J connectivity index is 1.29. The van der Waals surface area contributed by atoms with Crippen LogP contribution in [0.15, 0.2) is 73.1 Å². The predicted octanol–water partition coefficient (Wildman–Crippen LogP) is 6.50. The van der Waals surface area contributed by atoms with Crippen LogP contribution in [-0.2, 0) is 6.42 Å². The molecular formula is C29H29F3N6O2S. The Labute approximate surface area is 240 Å². The number of carbonyl (C=O) groups is 1. The first-order chi connectivity index (χ1) is 19.5. The smallest absolute Gasteiger partial charge is 0.406 e. The van der Waals surface area contributed by atoms with Gasteiger partial charge in [-0.3, -0.25) is 5.32 Å². The van der Waals surface area contributed by atoms with Crippen LogP contribution in [0.25, 0.3) is 17.1 Å². The maximum absolute atomic E-state index is 12.4. The van der Waals surface area contributed by atoms with Gasteiger partial charge in [-0.25, -0.2) is 14.5 Å². The van der Waals surface area contributed by atoms with Crippen LogP contribution in [0.5, 0.6) is 5.75 Å². The Bertz CT molecular complexity index is 1520. The zero-order valence-corrected chi connectivity index (χ0v) is 23.4. The maximum Gasteiger partial charge on any atom is 0.573 e. The average molecular weight is 583 g/mol. The van der Waals surface area contributed by atoms with Gasteiger partial charge in [0, 0.05) is 17.8 Å². The van der Waals surface area contributed by atoms with E-state index in [4.69, 9.17) is 12.2 Å². The number of aromatic nitrogens is 3. The number of aryl methyl sites for hydroxylation is 1. The van der Waals surface area contributed by atoms with Gasteiger partial charge in [-0.1, -0.05) is 49.7 Å². The van der Waals surface area contributed by atoms with Crippen LogP contribution >= 0.6 is 12.2 Å². The van der Waals surface area contributed by atoms with Gasteiger partial charge in [-0.2, -0.15) is 0 Å². The summed E-state index contributed by atoms with van der Waals surface area (Å²) in [7, 11) is 0. The second-order valence-corrected chi connectivity index (χ2v) is 9.99. The van der Waals surface area contributed by atoms with E-state index in [2.05, 4.69) is 50.7 Å². The highest BCUT2D eigenvalue weighted by molar-refractivity contribution is 7.80. The Morgan fingerprint density at radius 3 is 2.54 bits per heavy atom. The Hall–Kier alpha value is -4.45. The molecular weight excluding hydrogens is 553 g/mol. The third kappa shape index (κ3) is 8.52. The largest absolute Gasteiger partial charge is 0.573 e. The number of hydrogen-bond donors (Lipinski definition) is 3. The number of benzene rings is 3. The number of alkyl halides is 3. The van der Waals surface area contributed by atoms with Gasteiger partial charge in [-0.15, -0.1) is 18.3 Å². The van der Waals surface area contributed by atoms with E-state index in [1.165, 1.54) is 35.3 Å². The van der Waals surface area contributed by atoms with E-state index in [9.17, 15) is 18.0 Å². The molecule has 4 rings (SSSR count). The van der Waals surface area contributed by atoms with Crippen molar-refractivity contribution in [1.29, 1.82) is 0 Å². The number of ether oxygens (including phenoxy) is 1. The van der Waals surface area contributed by atoms with Crippen molar-refractivity contribution in [3.8, 4) is 22.8 Å². The second kappa shape index (κ2) is 12.8. The van der Waals surface area contributed by atoms with E-state index in [0.29, 0.717) is 30.4 Å². The quantitative estimate of drug-likeness (QED) is 0.205. The molecule has 1 aromatic heterocycles. The van der Waals surface area contributed by atoms with Crippen LogP contribution in [0.1, 0.15) is 36.5 Å². The first-order valence-electron chi connectivity index (χ1n) is 12.8. The third-order valence-electron chi connectivity index (χ3n) is 6.02. The summed E-state index contributed by atoms with van der Waals surface area (Å²) in [6.07, 6.45) is -2.72. The standard InChI is InChI=1S/C29H29F3N6O2S/c1-18(2)24-15-19(3)7-12-25(24)35-28(41)36-27(39)33-14-13-20-5-4-6-21(16-20)26-34-17-38(37-26)22-8-10-23(11-9-22)40-29(30,31)32/h4-12,15-18H,13-14H2,1-3H3,(H3,33,35,36,39,41). The summed E-state index contributed by atoms with van der Waals surface area (Å²) in [5.41, 5.74) is 5.36. The summed E-state index contributed by atoms with van der Waals surface area (Å²) in [6.45, 7) is 6.59. The highest BCUT2D eigenvalue weighted by Gasteiger charge is 2.31. The van der Waals surface area contributed by atoms with Gasteiger partial charge < -0.3 is 15.4 Å². The minimum absolute atomic E-state index is 0.208. The molecule has 3 aromatic carbocycles. The Morgan fingerprint density at radius 1 is 1.07 bits per heavy atom. The highest BCUT2D eigenvalue weighted by Crippen LogP contribution is 2.26. The molecule has 1 heterocycles. The molecule has 0 aliphatic rings. The number of nitrogens with zero attached hydrogens (tertiary/aromatic N) is 3. The lowest BCUT2D eigenvalue weighted by Gasteiger charge is -2.16. The molecule has 0 aliphatic carbocycles. The van der Waals surface area contributed by atoms with Gasteiger partial charge in [0.15, 0.2) is 10.9 Å². The van der Waals surface area contributed by atoms with E-state index in [1.54, 1.807) is 0 Å². The number of carbonyl (C=O) groups excluding carboxylic acids is 1. The maximum atomic E-state index is 12.4. The zero-order valence-electron chi connectivity index (χ0n) is 22.6. The van der Waals surface area contributed by atoms with Crippen LogP contribution < -0.4 is 20.7 Å². The van der Waals surface area contributed by atoms with Crippen molar-refractivity contribution in [2.45, 2.75) is 39.5 Å². The molecule has 0 unspecified atom stereocenters. The van der Waals surface area contributed by atoms with Crippen LogP contribution in [0.2, 0.25) is 0 Å². The van der Waals surface area contributed by atoms with Crippen molar-refractivity contribution >= 4 is 29.0 Å². The molecule has 0 saturated heterocycles. The number of halogens is 3. The summed E-state index contributed by atoms with van der Waals surface area (Å²) in [5, 5.41) is 13.2. The van der Waals surface area contributed by atoms with Gasteiger partial charge in [0.25, 0.3) is 0 Å². The van der Waals surface area contributed by atoms with Crippen molar-refractivity contribution in [3.05, 3.63) is 89.7 Å². The van der Waals surface area contributed by atoms with Gasteiger partial charge in [-0.05, 0) is 79.0 Å². The van der Waals surface area contributed by atoms with E-state index < -0.39 is 12.4 Å². The number of rotatable bonds is 8. The van der Waals surface area contributed by atoms with Crippen LogP contribution in [0.4, 0.5) is 23.7 Å². The summed E-state index contributed by atoms with van der Waals surface area (Å²) in [5.74, 6) is 0.421. The van der Waals surface area contributed by atoms with E-state index >= 15 is 0 Å². The fraction of sp³-hybridized carbons (Fsp3) is 0.241. The molecule has 0 atom stereocenters. The van der Waals surface area contributed by atoms with Crippen LogP contribution in [0, 0.1) is 6.92 Å². The fourth-order valence-corrected chi connectivity index (χ4v) is 4.28. The lowest BCUT2D eigenvalue weighted by Crippen LogP contribution is -2.42. The molecule has 0 aliphatic heterocycles. The van der Waals surface area contributed by atoms with E-state index in [0.717, 1.165) is 27.9 Å². The van der Waals surface area contributed by atoms with Crippen LogP contribution in [-0.4, -0.2) is 38.8 Å². The van der Waals surface area contributed by atoms with Crippen LogP contribution in [0.3, 0.4) is 0 Å². The lowest BCUT2D eigenvalue weighted by atomic mass is 9.99. The molecule has 214 valence electrons. The predicted molar refractivity (Wildman–Crippen MR) is 155 cm³/mol. The molecule has 0 fully saturated rings. The molecule has 4 aromatic rings. The Kier molecular flexibility index (Phi) is 9.23. The normalized spacial score (nSPS) is 11.3. The third-order valence-corrected chi connectivity index (χ3v) is 6.22.